The summed E-state index contributed by atoms with van der Waals surface area (Å²) in [6, 6.07) is 0. The highest BCUT2D eigenvalue weighted by Crippen LogP contribution is 2.33. The molecule has 0 unspecified atom stereocenters. The molecular weight excluding hydrogens is 288 g/mol. The monoisotopic (exact) mass is 308 g/mol. The van der Waals surface area contributed by atoms with Crippen LogP contribution >= 0.6 is 0 Å². The maximum atomic E-state index is 12.5. The molecule has 1 saturated heterocycles. The van der Waals surface area contributed by atoms with E-state index in [0.717, 1.165) is 4.57 Å². The topological polar surface area (TPSA) is 93.7 Å². The van der Waals surface area contributed by atoms with Crippen molar-refractivity contribution in [3.8, 4) is 12.3 Å². The Balaban J connectivity index is 2.56. The van der Waals surface area contributed by atoms with E-state index in [1.54, 1.807) is 6.92 Å². The lowest BCUT2D eigenvalue weighted by molar-refractivity contribution is -0.0474. The van der Waals surface area contributed by atoms with Crippen molar-refractivity contribution in [3.63, 3.8) is 0 Å². The van der Waals surface area contributed by atoms with Crippen LogP contribution in [0.5, 0.6) is 0 Å². The standard InChI is InChI=1S/C15H20N2O5/c1-4-6-16-13(20)9(3)7-17(15(16)21)14-10(5-2)12(19)11(8-18)22-14/h2,7,10-12,14,18-19H,4,6,8H2,1,3H3/t10-,11+,12-,14+/m0/s1. The van der Waals surface area contributed by atoms with E-state index in [-0.39, 0.29) is 5.56 Å². The molecule has 0 amide bonds. The average molecular weight is 308 g/mol. The number of nitrogens with zero attached hydrogens (tertiary/aromatic N) is 2. The number of terminal acetylenes is 1. The third kappa shape index (κ3) is 2.61. The van der Waals surface area contributed by atoms with Gasteiger partial charge >= 0.3 is 5.69 Å². The fraction of sp³-hybridized carbons (Fsp3) is 0.600. The summed E-state index contributed by atoms with van der Waals surface area (Å²) >= 11 is 0. The maximum absolute atomic E-state index is 12.5. The number of aliphatic hydroxyl groups is 2. The van der Waals surface area contributed by atoms with E-state index in [1.165, 1.54) is 10.8 Å². The van der Waals surface area contributed by atoms with Crippen LogP contribution in [0.1, 0.15) is 25.1 Å². The van der Waals surface area contributed by atoms with Crippen molar-refractivity contribution < 1.29 is 14.9 Å². The molecule has 0 aliphatic carbocycles. The first-order chi connectivity index (χ1) is 10.5. The van der Waals surface area contributed by atoms with E-state index in [4.69, 9.17) is 11.2 Å². The average Bonchev–Trinajstić information content (AvgIpc) is 2.83. The van der Waals surface area contributed by atoms with Gasteiger partial charge in [0.05, 0.1) is 12.5 Å². The fourth-order valence-corrected chi connectivity index (χ4v) is 2.68. The van der Waals surface area contributed by atoms with Gasteiger partial charge in [0.25, 0.3) is 5.56 Å². The molecule has 1 aliphatic rings. The SMILES string of the molecule is C#C[C@H]1[C@H](O)[C@@H](CO)O[C@H]1n1cc(C)c(=O)n(CCC)c1=O. The summed E-state index contributed by atoms with van der Waals surface area (Å²) in [5.74, 6) is 1.63. The molecule has 2 N–H and O–H groups in total. The largest absolute Gasteiger partial charge is 0.394 e. The van der Waals surface area contributed by atoms with Gasteiger partial charge in [0, 0.05) is 18.3 Å². The summed E-state index contributed by atoms with van der Waals surface area (Å²) < 4.78 is 7.89. The Hall–Kier alpha value is -1.88. The van der Waals surface area contributed by atoms with Crippen molar-refractivity contribution in [2.75, 3.05) is 6.61 Å². The number of hydrogen-bond donors (Lipinski definition) is 2. The van der Waals surface area contributed by atoms with Crippen molar-refractivity contribution in [1.29, 1.82) is 0 Å². The Morgan fingerprint density at radius 1 is 1.45 bits per heavy atom. The van der Waals surface area contributed by atoms with Crippen molar-refractivity contribution in [3.05, 3.63) is 32.6 Å². The Kier molecular flexibility index (Phi) is 4.86. The third-order valence-electron chi connectivity index (χ3n) is 3.83. The van der Waals surface area contributed by atoms with Gasteiger partial charge in [0.15, 0.2) is 6.23 Å². The zero-order chi connectivity index (χ0) is 16.4. The predicted molar refractivity (Wildman–Crippen MR) is 79.3 cm³/mol. The molecular formula is C15H20N2O5. The first-order valence-corrected chi connectivity index (χ1v) is 7.19. The van der Waals surface area contributed by atoms with E-state index in [2.05, 4.69) is 5.92 Å². The number of hydrogen-bond acceptors (Lipinski definition) is 5. The second-order valence-electron chi connectivity index (χ2n) is 5.39. The molecule has 1 fully saturated rings. The van der Waals surface area contributed by atoms with Gasteiger partial charge < -0.3 is 14.9 Å². The summed E-state index contributed by atoms with van der Waals surface area (Å²) in [5, 5.41) is 19.3. The molecule has 2 heterocycles. The molecule has 22 heavy (non-hydrogen) atoms. The first kappa shape index (κ1) is 16.5. The van der Waals surface area contributed by atoms with E-state index >= 15 is 0 Å². The third-order valence-corrected chi connectivity index (χ3v) is 3.83. The minimum Gasteiger partial charge on any atom is -0.394 e. The smallest absolute Gasteiger partial charge is 0.333 e. The van der Waals surface area contributed by atoms with Crippen LogP contribution in [-0.4, -0.2) is 38.2 Å². The second kappa shape index (κ2) is 6.48. The van der Waals surface area contributed by atoms with Crippen LogP contribution in [0.2, 0.25) is 0 Å². The summed E-state index contributed by atoms with van der Waals surface area (Å²) in [6.07, 6.45) is 4.61. The lowest BCUT2D eigenvalue weighted by atomic mass is 10.0. The molecule has 120 valence electrons. The zero-order valence-corrected chi connectivity index (χ0v) is 12.6. The van der Waals surface area contributed by atoms with Crippen LogP contribution in [0.25, 0.3) is 0 Å². The summed E-state index contributed by atoms with van der Waals surface area (Å²) in [5.41, 5.74) is -0.500. The van der Waals surface area contributed by atoms with E-state index < -0.39 is 36.7 Å². The molecule has 1 aromatic rings. The number of rotatable bonds is 4. The molecule has 0 radical (unpaired) electrons. The zero-order valence-electron chi connectivity index (χ0n) is 12.6. The van der Waals surface area contributed by atoms with Crippen LogP contribution in [-0.2, 0) is 11.3 Å². The Labute approximate surface area is 127 Å². The normalized spacial score (nSPS) is 27.8. The minimum absolute atomic E-state index is 0.290. The van der Waals surface area contributed by atoms with Crippen LogP contribution in [0, 0.1) is 25.2 Å². The molecule has 7 heteroatoms. The van der Waals surface area contributed by atoms with Crippen molar-refractivity contribution in [2.24, 2.45) is 5.92 Å². The lowest BCUT2D eigenvalue weighted by Gasteiger charge is -2.19. The van der Waals surface area contributed by atoms with E-state index in [9.17, 15) is 19.8 Å². The molecule has 2 rings (SSSR count). The highest BCUT2D eigenvalue weighted by molar-refractivity contribution is 5.09. The van der Waals surface area contributed by atoms with Gasteiger partial charge in [0.2, 0.25) is 0 Å². The molecule has 4 atom stereocenters. The van der Waals surface area contributed by atoms with Crippen molar-refractivity contribution in [2.45, 2.75) is 45.2 Å². The molecule has 0 spiro atoms. The van der Waals surface area contributed by atoms with E-state index in [1.807, 2.05) is 6.92 Å². The van der Waals surface area contributed by atoms with Gasteiger partial charge in [-0.3, -0.25) is 13.9 Å². The predicted octanol–water partition coefficient (Wildman–Crippen LogP) is -0.772. The highest BCUT2D eigenvalue weighted by atomic mass is 16.5. The molecule has 0 bridgehead atoms. The number of aliphatic hydroxyl groups excluding tert-OH is 2. The van der Waals surface area contributed by atoms with Gasteiger partial charge in [-0.25, -0.2) is 4.79 Å². The Bertz CT molecular complexity index is 699. The maximum Gasteiger partial charge on any atom is 0.333 e. The van der Waals surface area contributed by atoms with E-state index in [0.29, 0.717) is 18.5 Å². The van der Waals surface area contributed by atoms with Crippen LogP contribution in [0.15, 0.2) is 15.8 Å². The molecule has 0 aromatic carbocycles. The van der Waals surface area contributed by atoms with Gasteiger partial charge in [-0.2, -0.15) is 0 Å². The second-order valence-corrected chi connectivity index (χ2v) is 5.39. The van der Waals surface area contributed by atoms with Crippen molar-refractivity contribution >= 4 is 0 Å². The van der Waals surface area contributed by atoms with Crippen LogP contribution in [0.4, 0.5) is 0 Å². The Morgan fingerprint density at radius 2 is 2.14 bits per heavy atom. The summed E-state index contributed by atoms with van der Waals surface area (Å²) in [4.78, 5) is 24.6. The Morgan fingerprint density at radius 3 is 2.68 bits per heavy atom. The lowest BCUT2D eigenvalue weighted by Crippen LogP contribution is -2.43. The van der Waals surface area contributed by atoms with Crippen LogP contribution < -0.4 is 11.2 Å². The quantitative estimate of drug-likeness (QED) is 0.712. The van der Waals surface area contributed by atoms with Gasteiger partial charge in [-0.15, -0.1) is 6.42 Å². The summed E-state index contributed by atoms with van der Waals surface area (Å²) in [7, 11) is 0. The van der Waals surface area contributed by atoms with Crippen LogP contribution in [0.3, 0.4) is 0 Å². The van der Waals surface area contributed by atoms with Crippen molar-refractivity contribution in [1.82, 2.24) is 9.13 Å². The molecule has 7 nitrogen and oxygen atoms in total. The summed E-state index contributed by atoms with van der Waals surface area (Å²) in [6.45, 7) is 3.35. The van der Waals surface area contributed by atoms with Gasteiger partial charge in [-0.1, -0.05) is 12.8 Å². The molecule has 1 aliphatic heterocycles. The minimum atomic E-state index is -1.07. The first-order valence-electron chi connectivity index (χ1n) is 7.19. The van der Waals surface area contributed by atoms with Gasteiger partial charge in [-0.05, 0) is 13.3 Å². The fourth-order valence-electron chi connectivity index (χ4n) is 2.68. The molecule has 0 saturated carbocycles. The molecule has 1 aromatic heterocycles. The number of aromatic nitrogens is 2. The number of ether oxygens (including phenoxy) is 1. The number of aryl methyl sites for hydroxylation is 1. The van der Waals surface area contributed by atoms with Gasteiger partial charge in [0.1, 0.15) is 12.2 Å². The highest BCUT2D eigenvalue weighted by Gasteiger charge is 2.44.